The van der Waals surface area contributed by atoms with E-state index in [4.69, 9.17) is 11.6 Å². The van der Waals surface area contributed by atoms with Crippen molar-refractivity contribution in [2.75, 3.05) is 28.6 Å². The fourth-order valence-corrected chi connectivity index (χ4v) is 4.41. The molecule has 0 aliphatic carbocycles. The Morgan fingerprint density at radius 2 is 1.63 bits per heavy atom. The SMILES string of the molecule is CCN(C(=O)O)c1cc(NC(c2ccccc2)c2ccccc2)c([N+](=O)[O-])c(NCC(=NO)c2ccc(Cl)cc2)n1. The van der Waals surface area contributed by atoms with E-state index in [2.05, 4.69) is 20.8 Å². The fraction of sp³-hybridized carbons (Fsp3) is 0.138. The second-order valence-electron chi connectivity index (χ2n) is 8.82. The molecule has 11 nitrogen and oxygen atoms in total. The summed E-state index contributed by atoms with van der Waals surface area (Å²) in [5.41, 5.74) is 2.01. The van der Waals surface area contributed by atoms with Crippen LogP contribution < -0.4 is 15.5 Å². The molecule has 0 radical (unpaired) electrons. The van der Waals surface area contributed by atoms with Gasteiger partial charge >= 0.3 is 11.8 Å². The van der Waals surface area contributed by atoms with Crippen LogP contribution in [0.15, 0.2) is 96.2 Å². The lowest BCUT2D eigenvalue weighted by Crippen LogP contribution is -2.30. The Morgan fingerprint density at radius 3 is 2.12 bits per heavy atom. The maximum Gasteiger partial charge on any atom is 0.413 e. The summed E-state index contributed by atoms with van der Waals surface area (Å²) >= 11 is 5.96. The van der Waals surface area contributed by atoms with Crippen molar-refractivity contribution in [2.45, 2.75) is 13.0 Å². The summed E-state index contributed by atoms with van der Waals surface area (Å²) in [6, 6.07) is 26.1. The van der Waals surface area contributed by atoms with E-state index in [-0.39, 0.29) is 36.1 Å². The number of halogens is 1. The van der Waals surface area contributed by atoms with E-state index in [1.165, 1.54) is 6.07 Å². The molecule has 4 rings (SSSR count). The molecule has 1 amide bonds. The van der Waals surface area contributed by atoms with Crippen LogP contribution in [0, 0.1) is 10.1 Å². The number of hydrogen-bond acceptors (Lipinski definition) is 8. The molecule has 3 aromatic carbocycles. The largest absolute Gasteiger partial charge is 0.465 e. The molecule has 1 aromatic heterocycles. The number of anilines is 3. The highest BCUT2D eigenvalue weighted by Crippen LogP contribution is 2.38. The average Bonchev–Trinajstić information content (AvgIpc) is 2.98. The standard InChI is InChI=1S/C29H27ClN6O5/c1-2-35(29(37)38)25-17-23(32-26(20-9-5-3-6-10-20)21-11-7-4-8-12-21)27(36(40)41)28(33-25)31-18-24(34-39)19-13-15-22(30)16-14-19/h3-17,26,39H,2,18H2,1H3,(H,37,38)(H2,31,32,33). The van der Waals surface area contributed by atoms with Crippen molar-refractivity contribution in [3.8, 4) is 0 Å². The number of benzene rings is 3. The zero-order valence-electron chi connectivity index (χ0n) is 21.9. The molecule has 0 aliphatic heterocycles. The van der Waals surface area contributed by atoms with Gasteiger partial charge in [-0.1, -0.05) is 89.6 Å². The Morgan fingerprint density at radius 1 is 1.05 bits per heavy atom. The molecule has 0 saturated carbocycles. The Hall–Kier alpha value is -5.16. The zero-order valence-corrected chi connectivity index (χ0v) is 22.7. The molecule has 0 atom stereocenters. The van der Waals surface area contributed by atoms with E-state index in [0.29, 0.717) is 10.6 Å². The second-order valence-corrected chi connectivity index (χ2v) is 9.25. The van der Waals surface area contributed by atoms with Gasteiger partial charge in [-0.15, -0.1) is 0 Å². The minimum atomic E-state index is -1.27. The first-order chi connectivity index (χ1) is 19.8. The van der Waals surface area contributed by atoms with Gasteiger partial charge < -0.3 is 20.9 Å². The van der Waals surface area contributed by atoms with Gasteiger partial charge in [0.25, 0.3) is 0 Å². The smallest absolute Gasteiger partial charge is 0.413 e. The highest BCUT2D eigenvalue weighted by Gasteiger charge is 2.29. The van der Waals surface area contributed by atoms with E-state index in [1.54, 1.807) is 31.2 Å². The molecular weight excluding hydrogens is 548 g/mol. The predicted octanol–water partition coefficient (Wildman–Crippen LogP) is 6.64. The molecule has 0 saturated heterocycles. The summed E-state index contributed by atoms with van der Waals surface area (Å²) in [6.07, 6.45) is -1.27. The van der Waals surface area contributed by atoms with Gasteiger partial charge in [0.05, 0.1) is 17.5 Å². The van der Waals surface area contributed by atoms with Crippen molar-refractivity contribution < 1.29 is 20.0 Å². The van der Waals surface area contributed by atoms with Crippen molar-refractivity contribution in [3.63, 3.8) is 0 Å². The minimum Gasteiger partial charge on any atom is -0.465 e. The van der Waals surface area contributed by atoms with Gasteiger partial charge in [0.2, 0.25) is 5.82 Å². The number of oxime groups is 1. The maximum absolute atomic E-state index is 12.5. The monoisotopic (exact) mass is 574 g/mol. The quantitative estimate of drug-likeness (QED) is 0.0672. The Bertz CT molecular complexity index is 1500. The molecule has 12 heteroatoms. The number of nitro groups is 1. The van der Waals surface area contributed by atoms with Crippen LogP contribution in [-0.4, -0.2) is 45.1 Å². The van der Waals surface area contributed by atoms with Crippen molar-refractivity contribution in [2.24, 2.45) is 5.16 Å². The summed E-state index contributed by atoms with van der Waals surface area (Å²) in [6.45, 7) is 1.52. The summed E-state index contributed by atoms with van der Waals surface area (Å²) in [5, 5.41) is 41.9. The van der Waals surface area contributed by atoms with Crippen LogP contribution in [0.1, 0.15) is 29.7 Å². The first kappa shape index (κ1) is 28.8. The first-order valence-electron chi connectivity index (χ1n) is 12.6. The lowest BCUT2D eigenvalue weighted by molar-refractivity contribution is -0.383. The predicted molar refractivity (Wildman–Crippen MR) is 159 cm³/mol. The lowest BCUT2D eigenvalue weighted by atomic mass is 9.98. The van der Waals surface area contributed by atoms with Crippen molar-refractivity contribution in [1.82, 2.24) is 4.98 Å². The number of rotatable bonds is 11. The molecular formula is C29H27ClN6O5. The first-order valence-corrected chi connectivity index (χ1v) is 13.0. The topological polar surface area (TPSA) is 153 Å². The molecule has 1 heterocycles. The maximum atomic E-state index is 12.5. The van der Waals surface area contributed by atoms with Crippen LogP contribution in [-0.2, 0) is 0 Å². The molecule has 0 aliphatic rings. The number of nitrogens with zero attached hydrogens (tertiary/aromatic N) is 4. The van der Waals surface area contributed by atoms with Gasteiger partial charge in [0, 0.05) is 23.2 Å². The van der Waals surface area contributed by atoms with Crippen LogP contribution in [0.25, 0.3) is 0 Å². The molecule has 0 unspecified atom stereocenters. The van der Waals surface area contributed by atoms with Gasteiger partial charge in [-0.05, 0) is 30.2 Å². The highest BCUT2D eigenvalue weighted by atomic mass is 35.5. The van der Waals surface area contributed by atoms with E-state index < -0.39 is 22.7 Å². The third kappa shape index (κ3) is 6.89. The van der Waals surface area contributed by atoms with Crippen LogP contribution in [0.4, 0.5) is 27.8 Å². The van der Waals surface area contributed by atoms with Crippen LogP contribution in [0.5, 0.6) is 0 Å². The number of carboxylic acid groups (broad SMARTS) is 1. The molecule has 41 heavy (non-hydrogen) atoms. The summed E-state index contributed by atoms with van der Waals surface area (Å²) in [4.78, 5) is 29.2. The van der Waals surface area contributed by atoms with E-state index in [9.17, 15) is 25.2 Å². The third-order valence-electron chi connectivity index (χ3n) is 6.27. The Balaban J connectivity index is 1.82. The van der Waals surface area contributed by atoms with E-state index >= 15 is 0 Å². The summed E-state index contributed by atoms with van der Waals surface area (Å²) < 4.78 is 0. The number of aromatic nitrogens is 1. The molecule has 4 aromatic rings. The van der Waals surface area contributed by atoms with Gasteiger partial charge in [0.15, 0.2) is 0 Å². The highest BCUT2D eigenvalue weighted by molar-refractivity contribution is 6.30. The summed E-state index contributed by atoms with van der Waals surface area (Å²) in [5.74, 6) is -0.228. The number of carbonyl (C=O) groups is 1. The van der Waals surface area contributed by atoms with E-state index in [1.807, 2.05) is 60.7 Å². The molecule has 210 valence electrons. The normalized spacial score (nSPS) is 11.2. The number of amides is 1. The van der Waals surface area contributed by atoms with Gasteiger partial charge in [-0.25, -0.2) is 9.78 Å². The Labute approximate surface area is 240 Å². The van der Waals surface area contributed by atoms with E-state index in [0.717, 1.165) is 16.0 Å². The molecule has 0 bridgehead atoms. The molecule has 0 spiro atoms. The van der Waals surface area contributed by atoms with Crippen molar-refractivity contribution >= 4 is 46.4 Å². The second kappa shape index (κ2) is 13.3. The average molecular weight is 575 g/mol. The lowest BCUT2D eigenvalue weighted by Gasteiger charge is -2.23. The minimum absolute atomic E-state index is 0.0237. The zero-order chi connectivity index (χ0) is 29.4. The van der Waals surface area contributed by atoms with Crippen molar-refractivity contribution in [1.29, 1.82) is 0 Å². The Kier molecular flexibility index (Phi) is 9.33. The fourth-order valence-electron chi connectivity index (χ4n) is 4.29. The number of hydrogen-bond donors (Lipinski definition) is 4. The van der Waals surface area contributed by atoms with Crippen LogP contribution >= 0.6 is 11.6 Å². The van der Waals surface area contributed by atoms with Gasteiger partial charge in [-0.2, -0.15) is 0 Å². The number of pyridine rings is 1. The third-order valence-corrected chi connectivity index (χ3v) is 6.52. The van der Waals surface area contributed by atoms with Crippen LogP contribution in [0.2, 0.25) is 5.02 Å². The molecule has 4 N–H and O–H groups in total. The molecule has 0 fully saturated rings. The van der Waals surface area contributed by atoms with Gasteiger partial charge in [0.1, 0.15) is 17.2 Å². The van der Waals surface area contributed by atoms with Crippen molar-refractivity contribution in [3.05, 3.63) is 123 Å². The number of nitrogens with one attached hydrogen (secondary N) is 2. The van der Waals surface area contributed by atoms with Crippen LogP contribution in [0.3, 0.4) is 0 Å². The summed E-state index contributed by atoms with van der Waals surface area (Å²) in [7, 11) is 0. The van der Waals surface area contributed by atoms with Gasteiger partial charge in [-0.3, -0.25) is 15.0 Å².